The van der Waals surface area contributed by atoms with Crippen molar-refractivity contribution in [3.63, 3.8) is 0 Å². The predicted octanol–water partition coefficient (Wildman–Crippen LogP) is 3.41. The Morgan fingerprint density at radius 3 is 3.00 bits per heavy atom. The van der Waals surface area contributed by atoms with Crippen LogP contribution in [-0.2, 0) is 0 Å². The van der Waals surface area contributed by atoms with E-state index in [0.29, 0.717) is 6.04 Å². The summed E-state index contributed by atoms with van der Waals surface area (Å²) in [5, 5.41) is 3.43. The summed E-state index contributed by atoms with van der Waals surface area (Å²) < 4.78 is 0. The van der Waals surface area contributed by atoms with Crippen LogP contribution in [0.25, 0.3) is 0 Å². The lowest BCUT2D eigenvalue weighted by atomic mass is 9.96. The van der Waals surface area contributed by atoms with Gasteiger partial charge in [-0.2, -0.15) is 0 Å². The molecule has 0 aromatic heterocycles. The van der Waals surface area contributed by atoms with Crippen molar-refractivity contribution >= 4 is 0 Å². The summed E-state index contributed by atoms with van der Waals surface area (Å²) in [5.41, 5.74) is 2.46. The van der Waals surface area contributed by atoms with Crippen LogP contribution in [0.3, 0.4) is 0 Å². The topological polar surface area (TPSA) is 12.0 Å². The highest BCUT2D eigenvalue weighted by Crippen LogP contribution is 2.22. The molecule has 74 valence electrons. The van der Waals surface area contributed by atoms with Crippen LogP contribution in [0.4, 0.5) is 0 Å². The highest BCUT2D eigenvalue weighted by atomic mass is 14.9. The maximum absolute atomic E-state index is 4.03. The Labute approximate surface area is 82.7 Å². The molecular weight excluding hydrogens is 158 g/mol. The van der Waals surface area contributed by atoms with Gasteiger partial charge in [-0.15, -0.1) is 0 Å². The third-order valence-corrected chi connectivity index (χ3v) is 2.51. The first-order valence-electron chi connectivity index (χ1n) is 5.05. The van der Waals surface area contributed by atoms with E-state index in [1.165, 1.54) is 18.4 Å². The van der Waals surface area contributed by atoms with Gasteiger partial charge in [0.05, 0.1) is 0 Å². The molecule has 1 saturated heterocycles. The molecule has 1 aliphatic rings. The number of piperidine rings is 1. The molecule has 0 aromatic rings. The van der Waals surface area contributed by atoms with Crippen molar-refractivity contribution in [3.8, 4) is 0 Å². The Kier molecular flexibility index (Phi) is 3.81. The van der Waals surface area contributed by atoms with E-state index in [0.717, 1.165) is 12.1 Å². The number of allylic oxidation sites excluding steroid dienone is 4. The summed E-state index contributed by atoms with van der Waals surface area (Å²) in [6.07, 6.45) is 9.87. The molecule has 1 N–H and O–H groups in total. The molecule has 1 heteroatoms. The van der Waals surface area contributed by atoms with Crippen LogP contribution in [-0.4, -0.2) is 6.04 Å². The molecule has 1 nitrogen and oxygen atoms in total. The van der Waals surface area contributed by atoms with Crippen LogP contribution < -0.4 is 5.32 Å². The van der Waals surface area contributed by atoms with E-state index in [4.69, 9.17) is 0 Å². The molecule has 0 amide bonds. The third-order valence-electron chi connectivity index (χ3n) is 2.51. The van der Waals surface area contributed by atoms with Gasteiger partial charge in [0.2, 0.25) is 0 Å². The first-order valence-corrected chi connectivity index (χ1v) is 5.05. The Bertz CT molecular complexity index is 241. The maximum atomic E-state index is 4.03. The number of hydrogen-bond donors (Lipinski definition) is 1. The summed E-state index contributed by atoms with van der Waals surface area (Å²) in [7, 11) is 0. The van der Waals surface area contributed by atoms with E-state index < -0.39 is 0 Å². The van der Waals surface area contributed by atoms with Crippen LogP contribution in [0, 0.1) is 0 Å². The van der Waals surface area contributed by atoms with Crippen LogP contribution in [0.15, 0.2) is 36.1 Å². The monoisotopic (exact) mass is 179 g/mol. The minimum absolute atomic E-state index is 0. The fraction of sp³-hybridized carbons (Fsp3) is 0.500. The molecular formula is C12H21N. The lowest BCUT2D eigenvalue weighted by Gasteiger charge is -2.27. The molecule has 1 heterocycles. The zero-order valence-electron chi connectivity index (χ0n) is 8.64. The van der Waals surface area contributed by atoms with Gasteiger partial charge in [0, 0.05) is 13.2 Å². The molecule has 1 atom stereocenters. The van der Waals surface area contributed by atoms with Gasteiger partial charge < -0.3 is 5.32 Å². The van der Waals surface area contributed by atoms with Crippen molar-refractivity contribution in [2.75, 3.05) is 0 Å². The summed E-state index contributed by atoms with van der Waals surface area (Å²) in [6, 6.07) is 0.634. The Morgan fingerprint density at radius 1 is 1.69 bits per heavy atom. The predicted molar refractivity (Wildman–Crippen MR) is 60.6 cm³/mol. The van der Waals surface area contributed by atoms with E-state index in [9.17, 15) is 0 Å². The van der Waals surface area contributed by atoms with Crippen LogP contribution in [0.2, 0.25) is 0 Å². The summed E-state index contributed by atoms with van der Waals surface area (Å²) in [6.45, 7) is 8.28. The highest BCUT2D eigenvalue weighted by Gasteiger charge is 2.15. The van der Waals surface area contributed by atoms with Crippen molar-refractivity contribution in [1.82, 2.24) is 5.32 Å². The van der Waals surface area contributed by atoms with Crippen molar-refractivity contribution < 1.29 is 1.43 Å². The molecule has 1 rings (SSSR count). The zero-order valence-corrected chi connectivity index (χ0v) is 8.64. The highest BCUT2D eigenvalue weighted by molar-refractivity contribution is 5.32. The van der Waals surface area contributed by atoms with Gasteiger partial charge in [0.15, 0.2) is 0 Å². The van der Waals surface area contributed by atoms with Crippen molar-refractivity contribution in [1.29, 1.82) is 0 Å². The number of nitrogens with one attached hydrogen (secondary N) is 1. The second-order valence-corrected chi connectivity index (χ2v) is 3.48. The summed E-state index contributed by atoms with van der Waals surface area (Å²) in [5.74, 6) is 0. The number of rotatable bonds is 2. The largest absolute Gasteiger partial charge is 0.383 e. The van der Waals surface area contributed by atoms with E-state index in [1.807, 2.05) is 13.0 Å². The molecule has 13 heavy (non-hydrogen) atoms. The zero-order chi connectivity index (χ0) is 9.68. The number of hydrogen-bond acceptors (Lipinski definition) is 1. The van der Waals surface area contributed by atoms with Crippen molar-refractivity contribution in [2.45, 2.75) is 39.2 Å². The van der Waals surface area contributed by atoms with E-state index >= 15 is 0 Å². The minimum Gasteiger partial charge on any atom is -0.383 e. The van der Waals surface area contributed by atoms with E-state index in [1.54, 1.807) is 0 Å². The van der Waals surface area contributed by atoms with Crippen LogP contribution in [0.5, 0.6) is 0 Å². The Balaban J connectivity index is 0.00000169. The van der Waals surface area contributed by atoms with E-state index in [-0.39, 0.29) is 1.43 Å². The smallest absolute Gasteiger partial charge is 0.0301 e. The lowest BCUT2D eigenvalue weighted by Crippen LogP contribution is -2.32. The lowest BCUT2D eigenvalue weighted by molar-refractivity contribution is 0.483. The molecule has 0 bridgehead atoms. The summed E-state index contributed by atoms with van der Waals surface area (Å²) >= 11 is 0. The van der Waals surface area contributed by atoms with E-state index in [2.05, 4.69) is 31.0 Å². The molecule has 1 fully saturated rings. The second kappa shape index (κ2) is 4.90. The molecule has 0 radical (unpaired) electrons. The molecule has 0 aliphatic carbocycles. The molecule has 1 unspecified atom stereocenters. The first kappa shape index (κ1) is 10.1. The van der Waals surface area contributed by atoms with Crippen molar-refractivity contribution in [3.05, 3.63) is 36.1 Å². The second-order valence-electron chi connectivity index (χ2n) is 3.48. The molecule has 0 saturated carbocycles. The molecule has 0 aromatic carbocycles. The van der Waals surface area contributed by atoms with Gasteiger partial charge in [-0.3, -0.25) is 0 Å². The van der Waals surface area contributed by atoms with Gasteiger partial charge >= 0.3 is 0 Å². The Hall–Kier alpha value is -0.980. The molecule has 1 aliphatic heterocycles. The Morgan fingerprint density at radius 2 is 2.46 bits per heavy atom. The fourth-order valence-corrected chi connectivity index (χ4v) is 1.59. The van der Waals surface area contributed by atoms with Gasteiger partial charge in [-0.05, 0) is 31.8 Å². The normalized spacial score (nSPS) is 26.8. The van der Waals surface area contributed by atoms with Gasteiger partial charge in [-0.1, -0.05) is 31.7 Å². The van der Waals surface area contributed by atoms with Gasteiger partial charge in [-0.25, -0.2) is 0 Å². The van der Waals surface area contributed by atoms with Gasteiger partial charge in [0.25, 0.3) is 0 Å². The SMILES string of the molecule is C=C1NC(CC)CC/C1=C/C=C\C.[HH]. The third kappa shape index (κ3) is 2.76. The van der Waals surface area contributed by atoms with Crippen LogP contribution in [0.1, 0.15) is 34.5 Å². The minimum atomic E-state index is 0. The van der Waals surface area contributed by atoms with Crippen LogP contribution >= 0.6 is 0 Å². The molecule has 0 spiro atoms. The van der Waals surface area contributed by atoms with Gasteiger partial charge in [0.1, 0.15) is 0 Å². The first-order chi connectivity index (χ1) is 6.27. The quantitative estimate of drug-likeness (QED) is 0.685. The maximum Gasteiger partial charge on any atom is 0.0301 e. The average molecular weight is 179 g/mol. The fourth-order valence-electron chi connectivity index (χ4n) is 1.59. The summed E-state index contributed by atoms with van der Waals surface area (Å²) in [4.78, 5) is 0. The standard InChI is InChI=1S/C12H19N.H2/c1-4-6-7-11-8-9-12(5-2)13-10(11)3;/h4,6-7,12-13H,3,5,8-9H2,1-2H3;1H/b6-4-,11-7-;. The van der Waals surface area contributed by atoms with Crippen molar-refractivity contribution in [2.24, 2.45) is 0 Å². The average Bonchev–Trinajstić information content (AvgIpc) is 2.16.